The first kappa shape index (κ1) is 20.4. The van der Waals surface area contributed by atoms with Crippen molar-refractivity contribution in [2.75, 3.05) is 18.4 Å². The second-order valence-corrected chi connectivity index (χ2v) is 6.47. The van der Waals surface area contributed by atoms with Gasteiger partial charge in [0.25, 0.3) is 11.6 Å². The van der Waals surface area contributed by atoms with Gasteiger partial charge in [-0.2, -0.15) is 13.2 Å². The molecule has 27 heavy (non-hydrogen) atoms. The Balaban J connectivity index is 1.95. The van der Waals surface area contributed by atoms with Crippen LogP contribution in [0.5, 0.6) is 0 Å². The molecule has 2 rings (SSSR count). The van der Waals surface area contributed by atoms with Gasteiger partial charge in [-0.25, -0.2) is 0 Å². The zero-order valence-corrected chi connectivity index (χ0v) is 14.7. The number of anilines is 1. The number of rotatable bonds is 7. The molecule has 2 N–H and O–H groups in total. The number of hydrogen-bond donors (Lipinski definition) is 2. The lowest BCUT2D eigenvalue weighted by Crippen LogP contribution is -2.28. The highest BCUT2D eigenvalue weighted by molar-refractivity contribution is 7.15. The molecule has 0 radical (unpaired) electrons. The van der Waals surface area contributed by atoms with Crippen LogP contribution >= 0.6 is 11.3 Å². The third-order valence-corrected chi connectivity index (χ3v) is 4.61. The number of nitrogens with one attached hydrogen (secondary N) is 2. The molecular formula is C16H14F3N3O4S. The van der Waals surface area contributed by atoms with Gasteiger partial charge in [0, 0.05) is 19.2 Å². The number of nitro groups is 1. The molecule has 0 bridgehead atoms. The first-order chi connectivity index (χ1) is 12.6. The first-order valence-corrected chi connectivity index (χ1v) is 8.39. The van der Waals surface area contributed by atoms with Gasteiger partial charge in [-0.1, -0.05) is 0 Å². The summed E-state index contributed by atoms with van der Waals surface area (Å²) in [6.07, 6.45) is -4.68. The van der Waals surface area contributed by atoms with E-state index >= 15 is 0 Å². The zero-order valence-electron chi connectivity index (χ0n) is 13.9. The van der Waals surface area contributed by atoms with E-state index in [9.17, 15) is 32.9 Å². The third kappa shape index (κ3) is 5.26. The number of carbonyl (C=O) groups is 2. The highest BCUT2D eigenvalue weighted by Gasteiger charge is 2.33. The molecule has 7 nitrogen and oxygen atoms in total. The maximum atomic E-state index is 12.7. The Hall–Kier alpha value is -2.95. The van der Waals surface area contributed by atoms with Crippen LogP contribution in [0.1, 0.15) is 31.8 Å². The molecule has 1 aromatic carbocycles. The minimum atomic E-state index is -4.68. The molecule has 0 atom stereocenters. The van der Waals surface area contributed by atoms with E-state index in [1.807, 2.05) is 0 Å². The quantitative estimate of drug-likeness (QED) is 0.319. The van der Waals surface area contributed by atoms with Crippen molar-refractivity contribution in [3.63, 3.8) is 0 Å². The predicted molar refractivity (Wildman–Crippen MR) is 93.2 cm³/mol. The maximum absolute atomic E-state index is 12.7. The van der Waals surface area contributed by atoms with Crippen LogP contribution in [-0.2, 0) is 6.18 Å². The summed E-state index contributed by atoms with van der Waals surface area (Å²) in [6.45, 7) is 1.52. The van der Waals surface area contributed by atoms with Gasteiger partial charge in [-0.05, 0) is 31.2 Å². The van der Waals surface area contributed by atoms with Gasteiger partial charge in [0.1, 0.15) is 5.69 Å². The Morgan fingerprint density at radius 3 is 2.37 bits per heavy atom. The number of Topliss-reactive ketones (excluding diaryl/α,β-unsaturated/α-hetero) is 1. The highest BCUT2D eigenvalue weighted by Crippen LogP contribution is 2.34. The van der Waals surface area contributed by atoms with Crippen molar-refractivity contribution in [2.45, 2.75) is 13.1 Å². The normalized spacial score (nSPS) is 11.1. The summed E-state index contributed by atoms with van der Waals surface area (Å²) >= 11 is 1.04. The van der Waals surface area contributed by atoms with E-state index in [0.29, 0.717) is 15.8 Å². The topological polar surface area (TPSA) is 101 Å². The fraction of sp³-hybridized carbons (Fsp3) is 0.250. The van der Waals surface area contributed by atoms with Crippen molar-refractivity contribution in [3.05, 3.63) is 55.8 Å². The molecule has 2 aromatic rings. The molecule has 0 aliphatic carbocycles. The number of benzene rings is 1. The number of alkyl halides is 3. The molecular weight excluding hydrogens is 387 g/mol. The lowest BCUT2D eigenvalue weighted by molar-refractivity contribution is -0.384. The summed E-state index contributed by atoms with van der Waals surface area (Å²) < 4.78 is 38.0. The van der Waals surface area contributed by atoms with E-state index in [-0.39, 0.29) is 24.6 Å². The summed E-state index contributed by atoms with van der Waals surface area (Å²) in [6, 6.07) is 5.20. The minimum absolute atomic E-state index is 0.0584. The van der Waals surface area contributed by atoms with E-state index in [1.54, 1.807) is 0 Å². The summed E-state index contributed by atoms with van der Waals surface area (Å²) in [5.41, 5.74) is -1.91. The number of ketones is 1. The van der Waals surface area contributed by atoms with Crippen molar-refractivity contribution in [2.24, 2.45) is 0 Å². The monoisotopic (exact) mass is 401 g/mol. The van der Waals surface area contributed by atoms with E-state index in [4.69, 9.17) is 0 Å². The smallest absolute Gasteiger partial charge is 0.378 e. The van der Waals surface area contributed by atoms with Crippen molar-refractivity contribution in [1.29, 1.82) is 0 Å². The number of amides is 1. The van der Waals surface area contributed by atoms with Crippen LogP contribution in [0.15, 0.2) is 30.3 Å². The number of carbonyl (C=O) groups excluding carboxylic acids is 2. The molecule has 0 fully saturated rings. The second kappa shape index (κ2) is 8.16. The molecule has 0 spiro atoms. The van der Waals surface area contributed by atoms with Gasteiger partial charge in [0.05, 0.1) is 20.2 Å². The average Bonchev–Trinajstić information content (AvgIpc) is 3.08. The molecule has 144 valence electrons. The predicted octanol–water partition coefficient (Wildman–Crippen LogP) is 3.72. The van der Waals surface area contributed by atoms with Gasteiger partial charge in [0.2, 0.25) is 0 Å². The molecule has 0 saturated heterocycles. The summed E-state index contributed by atoms with van der Waals surface area (Å²) in [5.74, 6) is -0.577. The number of nitrogens with zero attached hydrogens (tertiary/aromatic N) is 1. The summed E-state index contributed by atoms with van der Waals surface area (Å²) in [7, 11) is 0. The molecule has 0 aliphatic heterocycles. The molecule has 1 aromatic heterocycles. The highest BCUT2D eigenvalue weighted by atomic mass is 32.1. The van der Waals surface area contributed by atoms with Crippen molar-refractivity contribution in [1.82, 2.24) is 5.32 Å². The van der Waals surface area contributed by atoms with E-state index in [0.717, 1.165) is 23.5 Å². The third-order valence-electron chi connectivity index (χ3n) is 3.42. The van der Waals surface area contributed by atoms with Crippen molar-refractivity contribution >= 4 is 34.4 Å². The van der Waals surface area contributed by atoms with E-state index < -0.39 is 28.3 Å². The summed E-state index contributed by atoms with van der Waals surface area (Å²) in [4.78, 5) is 34.0. The Labute approximate surface area is 155 Å². The molecule has 0 aliphatic rings. The fourth-order valence-corrected chi connectivity index (χ4v) is 2.94. The number of hydrogen-bond acceptors (Lipinski definition) is 6. The van der Waals surface area contributed by atoms with Crippen LogP contribution in [0.2, 0.25) is 0 Å². The molecule has 11 heteroatoms. The van der Waals surface area contributed by atoms with Gasteiger partial charge in [-0.15, -0.1) is 11.3 Å². The van der Waals surface area contributed by atoms with Crippen LogP contribution < -0.4 is 10.6 Å². The fourth-order valence-electron chi connectivity index (χ4n) is 2.12. The maximum Gasteiger partial charge on any atom is 0.416 e. The standard InChI is InChI=1S/C16H14F3N3O4S/c1-9(23)13-4-5-14(27-13)15(24)21-7-6-20-11-3-2-10(16(17,18)19)8-12(11)22(25)26/h2-5,8,20H,6-7H2,1H3,(H,21,24). The SMILES string of the molecule is CC(=O)c1ccc(C(=O)NCCNc2ccc(C(F)(F)F)cc2[N+](=O)[O-])s1. The summed E-state index contributed by atoms with van der Waals surface area (Å²) in [5, 5.41) is 16.2. The Kier molecular flexibility index (Phi) is 6.16. The Morgan fingerprint density at radius 2 is 1.81 bits per heavy atom. The molecule has 0 saturated carbocycles. The van der Waals surface area contributed by atoms with Crippen LogP contribution in [0.3, 0.4) is 0 Å². The average molecular weight is 401 g/mol. The lowest BCUT2D eigenvalue weighted by atomic mass is 10.1. The number of thiophene rings is 1. The van der Waals surface area contributed by atoms with Gasteiger partial charge >= 0.3 is 6.18 Å². The Morgan fingerprint density at radius 1 is 1.15 bits per heavy atom. The second-order valence-electron chi connectivity index (χ2n) is 5.39. The molecule has 1 heterocycles. The van der Waals surface area contributed by atoms with E-state index in [2.05, 4.69) is 10.6 Å². The van der Waals surface area contributed by atoms with Crippen LogP contribution in [-0.4, -0.2) is 29.7 Å². The molecule has 0 unspecified atom stereocenters. The first-order valence-electron chi connectivity index (χ1n) is 7.58. The minimum Gasteiger partial charge on any atom is -0.378 e. The van der Waals surface area contributed by atoms with Crippen molar-refractivity contribution < 1.29 is 27.7 Å². The van der Waals surface area contributed by atoms with Gasteiger partial charge < -0.3 is 10.6 Å². The molecule has 1 amide bonds. The number of nitro benzene ring substituents is 1. The largest absolute Gasteiger partial charge is 0.416 e. The zero-order chi connectivity index (χ0) is 20.2. The van der Waals surface area contributed by atoms with E-state index in [1.165, 1.54) is 19.1 Å². The van der Waals surface area contributed by atoms with Gasteiger partial charge in [-0.3, -0.25) is 19.7 Å². The van der Waals surface area contributed by atoms with Crippen LogP contribution in [0.4, 0.5) is 24.5 Å². The van der Waals surface area contributed by atoms with Gasteiger partial charge in [0.15, 0.2) is 5.78 Å². The number of halogens is 3. The van der Waals surface area contributed by atoms with Crippen LogP contribution in [0, 0.1) is 10.1 Å². The van der Waals surface area contributed by atoms with Crippen molar-refractivity contribution in [3.8, 4) is 0 Å². The Bertz CT molecular complexity index is 880. The lowest BCUT2D eigenvalue weighted by Gasteiger charge is -2.11. The van der Waals surface area contributed by atoms with Crippen LogP contribution in [0.25, 0.3) is 0 Å².